The summed E-state index contributed by atoms with van der Waals surface area (Å²) in [6.45, 7) is 3.27. The van der Waals surface area contributed by atoms with Crippen LogP contribution in [0.25, 0.3) is 0 Å². The van der Waals surface area contributed by atoms with Gasteiger partial charge in [0.15, 0.2) is 0 Å². The third-order valence-electron chi connectivity index (χ3n) is 2.77. The van der Waals surface area contributed by atoms with E-state index in [1.165, 1.54) is 6.07 Å². The SMILES string of the molecule is CCCCOCCNS(=O)(=O)c1cc(Cl)cc(CN)c1Cl. The van der Waals surface area contributed by atoms with Gasteiger partial charge < -0.3 is 10.5 Å². The molecule has 0 aliphatic carbocycles. The van der Waals surface area contributed by atoms with Crippen molar-refractivity contribution in [1.82, 2.24) is 4.72 Å². The van der Waals surface area contributed by atoms with Gasteiger partial charge in [-0.3, -0.25) is 0 Å². The van der Waals surface area contributed by atoms with Crippen LogP contribution in [0.15, 0.2) is 17.0 Å². The van der Waals surface area contributed by atoms with Crippen molar-refractivity contribution in [2.45, 2.75) is 31.2 Å². The van der Waals surface area contributed by atoms with Gasteiger partial charge in [-0.15, -0.1) is 0 Å². The number of hydrogen-bond donors (Lipinski definition) is 2. The van der Waals surface area contributed by atoms with Gasteiger partial charge in [0.1, 0.15) is 4.90 Å². The van der Waals surface area contributed by atoms with Gasteiger partial charge in [0.2, 0.25) is 10.0 Å². The average molecular weight is 355 g/mol. The van der Waals surface area contributed by atoms with Crippen LogP contribution in [0.1, 0.15) is 25.3 Å². The van der Waals surface area contributed by atoms with Gasteiger partial charge in [-0.25, -0.2) is 13.1 Å². The number of hydrogen-bond acceptors (Lipinski definition) is 4. The summed E-state index contributed by atoms with van der Waals surface area (Å²) in [7, 11) is -3.74. The number of rotatable bonds is 9. The van der Waals surface area contributed by atoms with Crippen LogP contribution in [0.3, 0.4) is 0 Å². The van der Waals surface area contributed by atoms with Crippen LogP contribution in [0.2, 0.25) is 10.0 Å². The number of ether oxygens (including phenoxy) is 1. The molecule has 0 aliphatic heterocycles. The van der Waals surface area contributed by atoms with Gasteiger partial charge in [-0.05, 0) is 24.1 Å². The Morgan fingerprint density at radius 3 is 2.62 bits per heavy atom. The predicted octanol–water partition coefficient (Wildman–Crippen LogP) is 2.55. The molecule has 5 nitrogen and oxygen atoms in total. The van der Waals surface area contributed by atoms with Crippen molar-refractivity contribution >= 4 is 33.2 Å². The van der Waals surface area contributed by atoms with Crippen molar-refractivity contribution in [3.63, 3.8) is 0 Å². The second-order valence-electron chi connectivity index (χ2n) is 4.44. The molecule has 0 heterocycles. The Labute approximate surface area is 135 Å². The molecule has 3 N–H and O–H groups in total. The smallest absolute Gasteiger partial charge is 0.242 e. The van der Waals surface area contributed by atoms with E-state index in [4.69, 9.17) is 33.7 Å². The molecule has 0 bridgehead atoms. The number of benzene rings is 1. The van der Waals surface area contributed by atoms with E-state index in [1.807, 2.05) is 0 Å². The van der Waals surface area contributed by atoms with E-state index in [0.717, 1.165) is 12.8 Å². The fourth-order valence-corrected chi connectivity index (χ4v) is 3.59. The molecule has 0 spiro atoms. The molecule has 0 fully saturated rings. The van der Waals surface area contributed by atoms with E-state index in [1.54, 1.807) is 6.07 Å². The molecule has 0 atom stereocenters. The molecule has 0 amide bonds. The first-order valence-corrected chi connectivity index (χ1v) is 8.91. The molecule has 0 saturated heterocycles. The monoisotopic (exact) mass is 354 g/mol. The van der Waals surface area contributed by atoms with Crippen molar-refractivity contribution in [3.8, 4) is 0 Å². The Morgan fingerprint density at radius 1 is 1.29 bits per heavy atom. The van der Waals surface area contributed by atoms with Crippen LogP contribution in [0.5, 0.6) is 0 Å². The maximum absolute atomic E-state index is 12.2. The van der Waals surface area contributed by atoms with E-state index in [0.29, 0.717) is 18.8 Å². The molecule has 1 rings (SSSR count). The van der Waals surface area contributed by atoms with Gasteiger partial charge in [0.25, 0.3) is 0 Å². The lowest BCUT2D eigenvalue weighted by molar-refractivity contribution is 0.136. The van der Waals surface area contributed by atoms with E-state index in [2.05, 4.69) is 11.6 Å². The maximum Gasteiger partial charge on any atom is 0.242 e. The second-order valence-corrected chi connectivity index (χ2v) is 6.99. The normalized spacial score (nSPS) is 11.8. The standard InChI is InChI=1S/C13H20Cl2N2O3S/c1-2-3-5-20-6-4-17-21(18,19)12-8-11(14)7-10(9-16)13(12)15/h7-8,17H,2-6,9,16H2,1H3. The van der Waals surface area contributed by atoms with E-state index >= 15 is 0 Å². The van der Waals surface area contributed by atoms with Crippen molar-refractivity contribution < 1.29 is 13.2 Å². The number of sulfonamides is 1. The fraction of sp³-hybridized carbons (Fsp3) is 0.538. The first-order chi connectivity index (χ1) is 9.92. The van der Waals surface area contributed by atoms with Crippen molar-refractivity contribution in [2.24, 2.45) is 5.73 Å². The van der Waals surface area contributed by atoms with Crippen LogP contribution >= 0.6 is 23.2 Å². The Kier molecular flexibility index (Phi) is 7.94. The molecule has 0 saturated carbocycles. The lowest BCUT2D eigenvalue weighted by Gasteiger charge is -2.11. The third-order valence-corrected chi connectivity index (χ3v) is 5.03. The molecule has 0 radical (unpaired) electrons. The zero-order chi connectivity index (χ0) is 15.9. The summed E-state index contributed by atoms with van der Waals surface area (Å²) in [4.78, 5) is -0.0642. The van der Waals surface area contributed by atoms with Crippen LogP contribution in [-0.2, 0) is 21.3 Å². The van der Waals surface area contributed by atoms with Gasteiger partial charge in [-0.1, -0.05) is 36.5 Å². The summed E-state index contributed by atoms with van der Waals surface area (Å²) in [5.41, 5.74) is 6.01. The van der Waals surface area contributed by atoms with Gasteiger partial charge >= 0.3 is 0 Å². The fourth-order valence-electron chi connectivity index (χ4n) is 1.64. The summed E-state index contributed by atoms with van der Waals surface area (Å²) < 4.78 is 32.2. The second kappa shape index (κ2) is 8.92. The molecule has 1 aromatic carbocycles. The maximum atomic E-state index is 12.2. The van der Waals surface area contributed by atoms with Crippen LogP contribution in [0.4, 0.5) is 0 Å². The average Bonchev–Trinajstić information content (AvgIpc) is 2.44. The molecule has 21 heavy (non-hydrogen) atoms. The van der Waals surface area contributed by atoms with Crippen LogP contribution < -0.4 is 10.5 Å². The summed E-state index contributed by atoms with van der Waals surface area (Å²) in [6, 6.07) is 2.86. The minimum Gasteiger partial charge on any atom is -0.380 e. The zero-order valence-corrected chi connectivity index (χ0v) is 14.2. The van der Waals surface area contributed by atoms with E-state index in [-0.39, 0.29) is 28.0 Å². The van der Waals surface area contributed by atoms with E-state index in [9.17, 15) is 8.42 Å². The van der Waals surface area contributed by atoms with Crippen LogP contribution in [0, 0.1) is 0 Å². The number of nitrogens with two attached hydrogens (primary N) is 1. The molecular formula is C13H20Cl2N2O3S. The molecule has 0 aliphatic rings. The summed E-state index contributed by atoms with van der Waals surface area (Å²) in [6.07, 6.45) is 1.98. The molecule has 120 valence electrons. The first-order valence-electron chi connectivity index (χ1n) is 6.67. The van der Waals surface area contributed by atoms with Gasteiger partial charge in [-0.2, -0.15) is 0 Å². The van der Waals surface area contributed by atoms with E-state index < -0.39 is 10.0 Å². The topological polar surface area (TPSA) is 81.4 Å². The Morgan fingerprint density at radius 2 is 2.00 bits per heavy atom. The Balaban J connectivity index is 2.72. The highest BCUT2D eigenvalue weighted by Crippen LogP contribution is 2.29. The predicted molar refractivity (Wildman–Crippen MR) is 85.3 cm³/mol. The lowest BCUT2D eigenvalue weighted by Crippen LogP contribution is -2.28. The Hall–Kier alpha value is -0.370. The first kappa shape index (κ1) is 18.7. The highest BCUT2D eigenvalue weighted by molar-refractivity contribution is 7.89. The Bertz CT molecular complexity index is 565. The quantitative estimate of drug-likeness (QED) is 0.667. The molecular weight excluding hydrogens is 335 g/mol. The van der Waals surface area contributed by atoms with Crippen molar-refractivity contribution in [2.75, 3.05) is 19.8 Å². The zero-order valence-electron chi connectivity index (χ0n) is 11.9. The highest BCUT2D eigenvalue weighted by atomic mass is 35.5. The van der Waals surface area contributed by atoms with Crippen LogP contribution in [-0.4, -0.2) is 28.2 Å². The van der Waals surface area contributed by atoms with Crippen molar-refractivity contribution in [1.29, 1.82) is 0 Å². The van der Waals surface area contributed by atoms with Gasteiger partial charge in [0, 0.05) is 24.7 Å². The number of nitrogens with one attached hydrogen (secondary N) is 1. The minimum atomic E-state index is -3.74. The number of halogens is 2. The number of unbranched alkanes of at least 4 members (excludes halogenated alkanes) is 1. The largest absolute Gasteiger partial charge is 0.380 e. The molecule has 1 aromatic rings. The van der Waals surface area contributed by atoms with Gasteiger partial charge in [0.05, 0.1) is 11.6 Å². The lowest BCUT2D eigenvalue weighted by atomic mass is 10.2. The summed E-state index contributed by atoms with van der Waals surface area (Å²) in [5.74, 6) is 0. The molecule has 0 aromatic heterocycles. The third kappa shape index (κ3) is 5.73. The molecule has 8 heteroatoms. The minimum absolute atomic E-state index is 0.0642. The summed E-state index contributed by atoms with van der Waals surface area (Å²) in [5, 5.41) is 0.376. The molecule has 0 unspecified atom stereocenters. The summed E-state index contributed by atoms with van der Waals surface area (Å²) >= 11 is 12.0. The highest BCUT2D eigenvalue weighted by Gasteiger charge is 2.20. The van der Waals surface area contributed by atoms with Crippen molar-refractivity contribution in [3.05, 3.63) is 27.7 Å².